The molecule has 2 aliphatic rings. The minimum atomic E-state index is -0.188. The first kappa shape index (κ1) is 13.4. The summed E-state index contributed by atoms with van der Waals surface area (Å²) in [6.45, 7) is 6.83. The Labute approximate surface area is 117 Å². The molecule has 0 amide bonds. The van der Waals surface area contributed by atoms with Crippen molar-refractivity contribution in [3.05, 3.63) is 11.1 Å². The van der Waals surface area contributed by atoms with E-state index < -0.39 is 0 Å². The molecule has 2 saturated heterocycles. The van der Waals surface area contributed by atoms with Crippen molar-refractivity contribution in [1.29, 1.82) is 0 Å². The van der Waals surface area contributed by atoms with E-state index in [4.69, 9.17) is 9.47 Å². The van der Waals surface area contributed by atoms with Crippen molar-refractivity contribution in [3.63, 3.8) is 0 Å². The summed E-state index contributed by atoms with van der Waals surface area (Å²) in [4.78, 5) is 4.68. The van der Waals surface area contributed by atoms with Crippen LogP contribution in [0.5, 0.6) is 0 Å². The summed E-state index contributed by atoms with van der Waals surface area (Å²) in [6, 6.07) is 0. The molecule has 0 bridgehead atoms. The lowest BCUT2D eigenvalue weighted by Crippen LogP contribution is -2.58. The van der Waals surface area contributed by atoms with Crippen molar-refractivity contribution < 1.29 is 9.47 Å². The molecule has 1 spiro atoms. The Balaban J connectivity index is 1.66. The van der Waals surface area contributed by atoms with Gasteiger partial charge in [0.25, 0.3) is 0 Å². The Bertz CT molecular complexity index is 402. The maximum absolute atomic E-state index is 6.06. The molecule has 0 N–H and O–H groups in total. The third-order valence-electron chi connectivity index (χ3n) is 3.66. The van der Waals surface area contributed by atoms with Gasteiger partial charge in [-0.1, -0.05) is 4.49 Å². The van der Waals surface area contributed by atoms with Crippen LogP contribution >= 0.6 is 11.5 Å². The summed E-state index contributed by atoms with van der Waals surface area (Å²) in [5.74, 6) is 0. The molecule has 106 valence electrons. The second kappa shape index (κ2) is 5.80. The highest BCUT2D eigenvalue weighted by Crippen LogP contribution is 2.23. The Morgan fingerprint density at radius 2 is 2.32 bits per heavy atom. The molecule has 1 aromatic heterocycles. The van der Waals surface area contributed by atoms with Gasteiger partial charge < -0.3 is 14.4 Å². The van der Waals surface area contributed by atoms with Crippen LogP contribution in [0.25, 0.3) is 0 Å². The molecule has 3 heterocycles. The van der Waals surface area contributed by atoms with Crippen molar-refractivity contribution in [2.45, 2.75) is 12.1 Å². The van der Waals surface area contributed by atoms with Gasteiger partial charge in [-0.25, -0.2) is 0 Å². The lowest BCUT2D eigenvalue weighted by Gasteiger charge is -2.42. The molecule has 7 heteroatoms. The van der Waals surface area contributed by atoms with Crippen molar-refractivity contribution in [3.8, 4) is 0 Å². The predicted octanol–water partition coefficient (Wildman–Crippen LogP) is 0.0711. The number of hydrogen-bond donors (Lipinski definition) is 0. The first-order valence-electron chi connectivity index (χ1n) is 6.64. The number of hydrogen-bond acceptors (Lipinski definition) is 7. The fraction of sp³-hybridized carbons (Fsp3) is 0.833. The zero-order chi connectivity index (χ0) is 13.1. The molecule has 1 atom stereocenters. The van der Waals surface area contributed by atoms with E-state index >= 15 is 0 Å². The molecule has 6 nitrogen and oxygen atoms in total. The summed E-state index contributed by atoms with van der Waals surface area (Å²) in [6.07, 6.45) is 0. The van der Waals surface area contributed by atoms with Crippen LogP contribution in [0.15, 0.2) is 5.38 Å². The lowest BCUT2D eigenvalue weighted by atomic mass is 10.0. The van der Waals surface area contributed by atoms with Crippen molar-refractivity contribution in [1.82, 2.24) is 19.4 Å². The third-order valence-corrected chi connectivity index (χ3v) is 4.21. The van der Waals surface area contributed by atoms with E-state index in [0.29, 0.717) is 6.61 Å². The molecule has 1 aromatic rings. The molecular weight excluding hydrogens is 264 g/mol. The number of ether oxygens (including phenoxy) is 2. The lowest BCUT2D eigenvalue weighted by molar-refractivity contribution is -0.142. The summed E-state index contributed by atoms with van der Waals surface area (Å²) in [5, 5.41) is 6.13. The predicted molar refractivity (Wildman–Crippen MR) is 72.2 cm³/mol. The zero-order valence-electron chi connectivity index (χ0n) is 11.2. The normalized spacial score (nSPS) is 30.6. The van der Waals surface area contributed by atoms with E-state index in [1.165, 1.54) is 11.5 Å². The van der Waals surface area contributed by atoms with E-state index in [1.54, 1.807) is 0 Å². The van der Waals surface area contributed by atoms with Crippen LogP contribution in [-0.2, 0) is 16.0 Å². The molecule has 2 aliphatic heterocycles. The van der Waals surface area contributed by atoms with Crippen molar-refractivity contribution in [2.24, 2.45) is 0 Å². The Hall–Kier alpha value is -0.600. The van der Waals surface area contributed by atoms with Crippen LogP contribution in [0.3, 0.4) is 0 Å². The average Bonchev–Trinajstić information content (AvgIpc) is 2.81. The van der Waals surface area contributed by atoms with E-state index in [2.05, 4.69) is 26.4 Å². The molecule has 1 unspecified atom stereocenters. The van der Waals surface area contributed by atoms with Gasteiger partial charge in [0.1, 0.15) is 5.60 Å². The van der Waals surface area contributed by atoms with Crippen LogP contribution in [0.1, 0.15) is 5.69 Å². The zero-order valence-corrected chi connectivity index (χ0v) is 12.1. The van der Waals surface area contributed by atoms with Crippen LogP contribution < -0.4 is 0 Å². The van der Waals surface area contributed by atoms with Crippen molar-refractivity contribution >= 4 is 11.5 Å². The van der Waals surface area contributed by atoms with Gasteiger partial charge in [0.15, 0.2) is 0 Å². The van der Waals surface area contributed by atoms with Gasteiger partial charge in [-0.05, 0) is 18.6 Å². The van der Waals surface area contributed by atoms with E-state index in [9.17, 15) is 0 Å². The molecule has 2 fully saturated rings. The standard InChI is InChI=1S/C12H20N4O2S/c1-15-2-4-17-10-12(8-15)9-16(3-5-18-12)6-11-7-19-14-13-11/h7H,2-6,8-10H2,1H3. The maximum atomic E-state index is 6.06. The van der Waals surface area contributed by atoms with E-state index in [1.807, 2.05) is 5.38 Å². The minimum Gasteiger partial charge on any atom is -0.377 e. The van der Waals surface area contributed by atoms with Gasteiger partial charge in [-0.3, -0.25) is 4.90 Å². The Morgan fingerprint density at radius 1 is 1.37 bits per heavy atom. The molecular formula is C12H20N4O2S. The number of morpholine rings is 1. The Morgan fingerprint density at radius 3 is 3.16 bits per heavy atom. The second-order valence-corrected chi connectivity index (χ2v) is 6.04. The summed E-state index contributed by atoms with van der Waals surface area (Å²) in [7, 11) is 2.13. The maximum Gasteiger partial charge on any atom is 0.117 e. The van der Waals surface area contributed by atoms with Crippen molar-refractivity contribution in [2.75, 3.05) is 53.0 Å². The highest BCUT2D eigenvalue weighted by atomic mass is 32.1. The quantitative estimate of drug-likeness (QED) is 0.766. The van der Waals surface area contributed by atoms with Crippen LogP contribution in [0.4, 0.5) is 0 Å². The fourth-order valence-electron chi connectivity index (χ4n) is 2.82. The highest BCUT2D eigenvalue weighted by Gasteiger charge is 2.39. The SMILES string of the molecule is CN1CCOCC2(C1)CN(Cc1csnn1)CCO2. The highest BCUT2D eigenvalue weighted by molar-refractivity contribution is 7.03. The first-order chi connectivity index (χ1) is 9.26. The fourth-order valence-corrected chi connectivity index (χ4v) is 3.26. The first-order valence-corrected chi connectivity index (χ1v) is 7.48. The molecule has 0 radical (unpaired) electrons. The molecule has 3 rings (SSSR count). The summed E-state index contributed by atoms with van der Waals surface area (Å²) >= 11 is 1.41. The summed E-state index contributed by atoms with van der Waals surface area (Å²) < 4.78 is 15.7. The van der Waals surface area contributed by atoms with Gasteiger partial charge in [-0.15, -0.1) is 5.10 Å². The third kappa shape index (κ3) is 3.29. The largest absolute Gasteiger partial charge is 0.377 e. The topological polar surface area (TPSA) is 50.7 Å². The monoisotopic (exact) mass is 284 g/mol. The number of likely N-dealkylation sites (N-methyl/N-ethyl adjacent to an activating group) is 1. The summed E-state index contributed by atoms with van der Waals surface area (Å²) in [5.41, 5.74) is 0.859. The van der Waals surface area contributed by atoms with Gasteiger partial charge >= 0.3 is 0 Å². The van der Waals surface area contributed by atoms with Gasteiger partial charge in [0.2, 0.25) is 0 Å². The smallest absolute Gasteiger partial charge is 0.117 e. The van der Waals surface area contributed by atoms with Gasteiger partial charge in [-0.2, -0.15) is 0 Å². The molecule has 0 saturated carbocycles. The Kier molecular flexibility index (Phi) is 4.09. The second-order valence-electron chi connectivity index (χ2n) is 5.43. The average molecular weight is 284 g/mol. The van der Waals surface area contributed by atoms with Crippen LogP contribution in [-0.4, -0.2) is 78.0 Å². The molecule has 0 aliphatic carbocycles. The minimum absolute atomic E-state index is 0.188. The van der Waals surface area contributed by atoms with Crippen LogP contribution in [0, 0.1) is 0 Å². The van der Waals surface area contributed by atoms with E-state index in [0.717, 1.165) is 51.6 Å². The van der Waals surface area contributed by atoms with Crippen LogP contribution in [0.2, 0.25) is 0 Å². The number of rotatable bonds is 2. The number of aromatic nitrogens is 2. The van der Waals surface area contributed by atoms with Gasteiger partial charge in [0.05, 0.1) is 25.5 Å². The number of nitrogens with zero attached hydrogens (tertiary/aromatic N) is 4. The van der Waals surface area contributed by atoms with Gasteiger partial charge in [0, 0.05) is 38.1 Å². The molecule has 19 heavy (non-hydrogen) atoms. The van der Waals surface area contributed by atoms with E-state index in [-0.39, 0.29) is 5.60 Å². The molecule has 0 aromatic carbocycles.